The molecule has 2 fully saturated rings. The Labute approximate surface area is 276 Å². The van der Waals surface area contributed by atoms with Crippen LogP contribution in [0.4, 0.5) is 0 Å². The summed E-state index contributed by atoms with van der Waals surface area (Å²) in [6.07, 6.45) is 6.16. The third-order valence-electron chi connectivity index (χ3n) is 9.41. The Morgan fingerprint density at radius 1 is 0.783 bits per heavy atom. The van der Waals surface area contributed by atoms with Crippen LogP contribution in [-0.4, -0.2) is 55.4 Å². The van der Waals surface area contributed by atoms with Gasteiger partial charge in [0.25, 0.3) is 0 Å². The first-order valence-corrected chi connectivity index (χ1v) is 17.5. The third kappa shape index (κ3) is 6.90. The first-order valence-electron chi connectivity index (χ1n) is 16.6. The van der Waals surface area contributed by atoms with Gasteiger partial charge in [-0.2, -0.15) is 0 Å². The molecular formula is C40H42N2O3S. The van der Waals surface area contributed by atoms with Gasteiger partial charge in [-0.1, -0.05) is 66.7 Å². The Bertz CT molecular complexity index is 1790. The highest BCUT2D eigenvalue weighted by Crippen LogP contribution is 2.42. The zero-order chi connectivity index (χ0) is 31.3. The molecule has 5 nitrogen and oxygen atoms in total. The molecule has 0 spiro atoms. The fraction of sp³-hybridized carbons (Fsp3) is 0.325. The molecular weight excluding hydrogens is 589 g/mol. The fourth-order valence-electron chi connectivity index (χ4n) is 6.79. The highest BCUT2D eigenvalue weighted by molar-refractivity contribution is 7.22. The summed E-state index contributed by atoms with van der Waals surface area (Å²) in [6.45, 7) is 7.11. The topological polar surface area (TPSA) is 42.0 Å². The maximum atomic E-state index is 14.5. The second kappa shape index (κ2) is 14.2. The molecule has 2 aliphatic heterocycles. The molecule has 0 aliphatic carbocycles. The van der Waals surface area contributed by atoms with E-state index in [-0.39, 0.29) is 5.78 Å². The molecule has 0 radical (unpaired) electrons. The van der Waals surface area contributed by atoms with Crippen molar-refractivity contribution in [3.05, 3.63) is 119 Å². The van der Waals surface area contributed by atoms with Gasteiger partial charge in [0.2, 0.25) is 0 Å². The number of carbonyl (C=O) groups is 1. The number of hydrogen-bond acceptors (Lipinski definition) is 6. The van der Waals surface area contributed by atoms with Crippen molar-refractivity contribution in [1.82, 2.24) is 9.80 Å². The maximum absolute atomic E-state index is 14.5. The van der Waals surface area contributed by atoms with E-state index in [9.17, 15) is 4.79 Å². The van der Waals surface area contributed by atoms with Gasteiger partial charge < -0.3 is 14.4 Å². The van der Waals surface area contributed by atoms with E-state index >= 15 is 0 Å². The van der Waals surface area contributed by atoms with E-state index in [1.807, 2.05) is 42.5 Å². The van der Waals surface area contributed by atoms with Crippen molar-refractivity contribution in [2.75, 3.05) is 39.8 Å². The number of thiophene rings is 1. The van der Waals surface area contributed by atoms with Crippen LogP contribution in [0.1, 0.15) is 58.3 Å². The van der Waals surface area contributed by atoms with Gasteiger partial charge in [0, 0.05) is 44.7 Å². The molecule has 2 aliphatic rings. The Morgan fingerprint density at radius 3 is 2.26 bits per heavy atom. The maximum Gasteiger partial charge on any atom is 0.195 e. The Morgan fingerprint density at radius 2 is 1.52 bits per heavy atom. The normalized spacial score (nSPS) is 15.5. The van der Waals surface area contributed by atoms with Crippen molar-refractivity contribution >= 4 is 27.2 Å². The lowest BCUT2D eigenvalue weighted by Gasteiger charge is -2.17. The second-order valence-electron chi connectivity index (χ2n) is 12.6. The lowest BCUT2D eigenvalue weighted by atomic mass is 9.96. The van der Waals surface area contributed by atoms with E-state index in [1.54, 1.807) is 18.4 Å². The molecule has 1 aromatic heterocycles. The van der Waals surface area contributed by atoms with Crippen LogP contribution >= 0.6 is 11.3 Å². The van der Waals surface area contributed by atoms with E-state index in [0.29, 0.717) is 12.2 Å². The largest absolute Gasteiger partial charge is 0.496 e. The van der Waals surface area contributed by atoms with Crippen LogP contribution in [0.15, 0.2) is 91.0 Å². The van der Waals surface area contributed by atoms with E-state index in [1.165, 1.54) is 44.3 Å². The molecule has 236 valence electrons. The smallest absolute Gasteiger partial charge is 0.195 e. The minimum Gasteiger partial charge on any atom is -0.496 e. The van der Waals surface area contributed by atoms with Gasteiger partial charge in [-0.15, -0.1) is 11.3 Å². The van der Waals surface area contributed by atoms with E-state index in [0.717, 1.165) is 81.3 Å². The monoisotopic (exact) mass is 630 g/mol. The summed E-state index contributed by atoms with van der Waals surface area (Å²) in [4.78, 5) is 20.5. The molecule has 2 saturated heterocycles. The molecule has 0 bridgehead atoms. The molecule has 0 unspecified atom stereocenters. The first-order chi connectivity index (χ1) is 22.6. The summed E-state index contributed by atoms with van der Waals surface area (Å²) in [7, 11) is 1.70. The minimum absolute atomic E-state index is 0.0170. The van der Waals surface area contributed by atoms with Crippen molar-refractivity contribution in [2.24, 2.45) is 0 Å². The molecule has 0 saturated carbocycles. The molecule has 3 heterocycles. The quantitative estimate of drug-likeness (QED) is 0.129. The van der Waals surface area contributed by atoms with Crippen LogP contribution in [0, 0.1) is 0 Å². The number of hydrogen-bond donors (Lipinski definition) is 0. The van der Waals surface area contributed by atoms with Crippen LogP contribution in [0.3, 0.4) is 0 Å². The number of nitrogens with zero attached hydrogens (tertiary/aromatic N) is 2. The molecule has 46 heavy (non-hydrogen) atoms. The third-order valence-corrected chi connectivity index (χ3v) is 10.6. The first kappa shape index (κ1) is 30.7. The van der Waals surface area contributed by atoms with E-state index < -0.39 is 0 Å². The standard InChI is InChI=1S/C40H42N2O3S/c1-44-36-25-32(15-16-33(36)27-42-22-7-8-23-42)39(43)38-35-18-17-34(45-28-30-9-3-2-4-10-30)26-37(35)46-40(38)31-13-11-29(12-14-31)19-24-41-20-5-6-21-41/h2-4,9-18,25-26H,5-8,19-24,27-28H2,1H3. The molecule has 4 aromatic carbocycles. The summed E-state index contributed by atoms with van der Waals surface area (Å²) in [6, 6.07) is 31.1. The summed E-state index contributed by atoms with van der Waals surface area (Å²) in [5.74, 6) is 1.59. The Hall–Kier alpha value is -3.97. The number of fused-ring (bicyclic) bond motifs is 1. The number of benzene rings is 4. The van der Waals surface area contributed by atoms with Crippen LogP contribution in [0.2, 0.25) is 0 Å². The Balaban J connectivity index is 1.21. The highest BCUT2D eigenvalue weighted by Gasteiger charge is 2.24. The average molecular weight is 631 g/mol. The molecule has 0 atom stereocenters. The van der Waals surface area contributed by atoms with Crippen LogP contribution in [0.5, 0.6) is 11.5 Å². The van der Waals surface area contributed by atoms with Gasteiger partial charge in [-0.3, -0.25) is 9.69 Å². The van der Waals surface area contributed by atoms with Gasteiger partial charge >= 0.3 is 0 Å². The fourth-order valence-corrected chi connectivity index (χ4v) is 8.03. The second-order valence-corrected chi connectivity index (χ2v) is 13.6. The van der Waals surface area contributed by atoms with Crippen molar-refractivity contribution in [2.45, 2.75) is 45.3 Å². The van der Waals surface area contributed by atoms with Crippen molar-refractivity contribution < 1.29 is 14.3 Å². The lowest BCUT2D eigenvalue weighted by Crippen LogP contribution is -2.21. The summed E-state index contributed by atoms with van der Waals surface area (Å²) >= 11 is 1.66. The van der Waals surface area contributed by atoms with Gasteiger partial charge in [-0.25, -0.2) is 0 Å². The van der Waals surface area contributed by atoms with Crippen molar-refractivity contribution in [3.8, 4) is 21.9 Å². The Kier molecular flexibility index (Phi) is 9.47. The molecule has 0 amide bonds. The zero-order valence-corrected chi connectivity index (χ0v) is 27.5. The van der Waals surface area contributed by atoms with Gasteiger partial charge in [0.05, 0.1) is 7.11 Å². The summed E-state index contributed by atoms with van der Waals surface area (Å²) in [5.41, 5.74) is 6.04. The highest BCUT2D eigenvalue weighted by atomic mass is 32.1. The van der Waals surface area contributed by atoms with Gasteiger partial charge in [-0.05, 0) is 99.2 Å². The minimum atomic E-state index is 0.0170. The number of ether oxygens (including phenoxy) is 2. The van der Waals surface area contributed by atoms with Gasteiger partial charge in [0.15, 0.2) is 5.78 Å². The van der Waals surface area contributed by atoms with Gasteiger partial charge in [0.1, 0.15) is 18.1 Å². The SMILES string of the molecule is COc1cc(C(=O)c2c(-c3ccc(CCN4CCCC4)cc3)sc3cc(OCc4ccccc4)ccc23)ccc1CN1CCCC1. The molecule has 7 rings (SSSR count). The number of ketones is 1. The summed E-state index contributed by atoms with van der Waals surface area (Å²) in [5, 5.41) is 0.954. The number of likely N-dealkylation sites (tertiary alicyclic amines) is 2. The molecule has 5 aromatic rings. The predicted octanol–water partition coefficient (Wildman–Crippen LogP) is 8.62. The average Bonchev–Trinajstić information content (AvgIpc) is 3.89. The molecule has 6 heteroatoms. The number of carbonyl (C=O) groups excluding carboxylic acids is 1. The zero-order valence-electron chi connectivity index (χ0n) is 26.7. The van der Waals surface area contributed by atoms with Crippen LogP contribution < -0.4 is 9.47 Å². The van der Waals surface area contributed by atoms with Crippen LogP contribution in [-0.2, 0) is 19.6 Å². The number of methoxy groups -OCH3 is 1. The predicted molar refractivity (Wildman–Crippen MR) is 188 cm³/mol. The van der Waals surface area contributed by atoms with Crippen molar-refractivity contribution in [1.29, 1.82) is 0 Å². The van der Waals surface area contributed by atoms with Crippen LogP contribution in [0.25, 0.3) is 20.5 Å². The lowest BCUT2D eigenvalue weighted by molar-refractivity contribution is 0.104. The summed E-state index contributed by atoms with van der Waals surface area (Å²) < 4.78 is 13.0. The molecule has 0 N–H and O–H groups in total. The number of rotatable bonds is 12. The van der Waals surface area contributed by atoms with E-state index in [4.69, 9.17) is 9.47 Å². The van der Waals surface area contributed by atoms with E-state index in [2.05, 4.69) is 58.3 Å². The van der Waals surface area contributed by atoms with Crippen molar-refractivity contribution in [3.63, 3.8) is 0 Å².